The third-order valence-corrected chi connectivity index (χ3v) is 3.92. The Morgan fingerprint density at radius 1 is 1.47 bits per heavy atom. The van der Waals surface area contributed by atoms with Gasteiger partial charge in [0, 0.05) is 19.0 Å². The van der Waals surface area contributed by atoms with E-state index in [9.17, 15) is 4.79 Å². The van der Waals surface area contributed by atoms with Crippen molar-refractivity contribution in [3.05, 3.63) is 17.5 Å². The maximum atomic E-state index is 11.9. The van der Waals surface area contributed by atoms with Crippen molar-refractivity contribution < 1.29 is 4.79 Å². The lowest BCUT2D eigenvalue weighted by molar-refractivity contribution is -0.118. The monoisotopic (exact) mass is 254 g/mol. The summed E-state index contributed by atoms with van der Waals surface area (Å²) in [5.41, 5.74) is 0. The van der Waals surface area contributed by atoms with Gasteiger partial charge >= 0.3 is 0 Å². The van der Waals surface area contributed by atoms with Crippen molar-refractivity contribution in [3.63, 3.8) is 0 Å². The molecule has 0 fully saturated rings. The number of rotatable bonds is 6. The largest absolute Gasteiger partial charge is 0.307 e. The number of hydrogen-bond acceptors (Lipinski definition) is 3. The molecular weight excluding hydrogens is 232 g/mol. The second-order valence-electron chi connectivity index (χ2n) is 4.45. The molecule has 0 aliphatic heterocycles. The molecule has 0 spiro atoms. The first kappa shape index (κ1) is 14.2. The van der Waals surface area contributed by atoms with Crippen LogP contribution in [0.2, 0.25) is 0 Å². The van der Waals surface area contributed by atoms with Crippen molar-refractivity contribution in [2.45, 2.75) is 32.7 Å². The van der Waals surface area contributed by atoms with Crippen molar-refractivity contribution in [1.82, 2.24) is 4.90 Å². The first-order chi connectivity index (χ1) is 8.06. The first-order valence-corrected chi connectivity index (χ1v) is 6.94. The van der Waals surface area contributed by atoms with Gasteiger partial charge in [0.2, 0.25) is 5.91 Å². The summed E-state index contributed by atoms with van der Waals surface area (Å²) in [6.07, 6.45) is 1.56. The highest BCUT2D eigenvalue weighted by atomic mass is 32.1. The zero-order valence-corrected chi connectivity index (χ0v) is 12.0. The van der Waals surface area contributed by atoms with E-state index in [4.69, 9.17) is 0 Å². The fraction of sp³-hybridized carbons (Fsp3) is 0.615. The fourth-order valence-electron chi connectivity index (χ4n) is 1.55. The standard InChI is InChI=1S/C13H22N2OS/c1-5-12(16)15(13-7-6-10-17-13)9-8-11(2)14(3)4/h6-7,10-11H,5,8-9H2,1-4H3. The van der Waals surface area contributed by atoms with E-state index < -0.39 is 0 Å². The number of hydrogen-bond donors (Lipinski definition) is 0. The van der Waals surface area contributed by atoms with E-state index in [0.717, 1.165) is 18.0 Å². The van der Waals surface area contributed by atoms with Crippen LogP contribution < -0.4 is 4.90 Å². The molecule has 1 amide bonds. The molecule has 1 aromatic heterocycles. The lowest BCUT2D eigenvalue weighted by atomic mass is 10.2. The topological polar surface area (TPSA) is 23.6 Å². The van der Waals surface area contributed by atoms with Gasteiger partial charge in [-0.3, -0.25) is 4.79 Å². The molecule has 96 valence electrons. The quantitative estimate of drug-likeness (QED) is 0.779. The van der Waals surface area contributed by atoms with Gasteiger partial charge in [0.05, 0.1) is 5.00 Å². The molecule has 0 bridgehead atoms. The molecule has 0 saturated heterocycles. The molecule has 0 N–H and O–H groups in total. The SMILES string of the molecule is CCC(=O)N(CCC(C)N(C)C)c1cccs1. The lowest BCUT2D eigenvalue weighted by Crippen LogP contribution is -2.35. The van der Waals surface area contributed by atoms with E-state index in [1.165, 1.54) is 0 Å². The number of carbonyl (C=O) groups excluding carboxylic acids is 1. The molecule has 0 aromatic carbocycles. The molecule has 1 rings (SSSR count). The van der Waals surface area contributed by atoms with Crippen LogP contribution in [0.15, 0.2) is 17.5 Å². The van der Waals surface area contributed by atoms with Crippen LogP contribution in [0.5, 0.6) is 0 Å². The van der Waals surface area contributed by atoms with Crippen LogP contribution in [0.25, 0.3) is 0 Å². The average Bonchev–Trinajstić information content (AvgIpc) is 2.82. The van der Waals surface area contributed by atoms with Gasteiger partial charge in [-0.05, 0) is 45.0 Å². The Bertz CT molecular complexity index is 335. The van der Waals surface area contributed by atoms with Crippen molar-refractivity contribution in [2.75, 3.05) is 25.5 Å². The van der Waals surface area contributed by atoms with Crippen LogP contribution in [-0.2, 0) is 4.79 Å². The summed E-state index contributed by atoms with van der Waals surface area (Å²) in [4.78, 5) is 16.0. The molecule has 1 unspecified atom stereocenters. The Morgan fingerprint density at radius 3 is 2.65 bits per heavy atom. The predicted molar refractivity (Wildman–Crippen MR) is 74.7 cm³/mol. The lowest BCUT2D eigenvalue weighted by Gasteiger charge is -2.25. The highest BCUT2D eigenvalue weighted by Crippen LogP contribution is 2.22. The molecule has 17 heavy (non-hydrogen) atoms. The van der Waals surface area contributed by atoms with Crippen LogP contribution >= 0.6 is 11.3 Å². The van der Waals surface area contributed by atoms with Gasteiger partial charge in [0.25, 0.3) is 0 Å². The molecule has 3 nitrogen and oxygen atoms in total. The minimum absolute atomic E-state index is 0.207. The Labute approximate surface area is 108 Å². The molecule has 1 aromatic rings. The van der Waals surface area contributed by atoms with Gasteiger partial charge < -0.3 is 9.80 Å². The maximum absolute atomic E-state index is 11.9. The Kier molecular flexibility index (Phi) is 5.65. The summed E-state index contributed by atoms with van der Waals surface area (Å²) < 4.78 is 0. The van der Waals surface area contributed by atoms with Crippen LogP contribution in [0, 0.1) is 0 Å². The minimum atomic E-state index is 0.207. The van der Waals surface area contributed by atoms with Gasteiger partial charge in [-0.25, -0.2) is 0 Å². The molecule has 1 heterocycles. The number of anilines is 1. The predicted octanol–water partition coefficient (Wildman–Crippen LogP) is 2.83. The van der Waals surface area contributed by atoms with Crippen molar-refractivity contribution >= 4 is 22.2 Å². The van der Waals surface area contributed by atoms with Crippen LogP contribution in [0.3, 0.4) is 0 Å². The summed E-state index contributed by atoms with van der Waals surface area (Å²) in [5, 5.41) is 3.07. The zero-order chi connectivity index (χ0) is 12.8. The van der Waals surface area contributed by atoms with Gasteiger partial charge in [0.1, 0.15) is 0 Å². The Morgan fingerprint density at radius 2 is 2.18 bits per heavy atom. The van der Waals surface area contributed by atoms with E-state index >= 15 is 0 Å². The normalized spacial score (nSPS) is 12.8. The van der Waals surface area contributed by atoms with Crippen LogP contribution in [0.1, 0.15) is 26.7 Å². The summed E-state index contributed by atoms with van der Waals surface area (Å²) in [6.45, 7) is 4.90. The summed E-state index contributed by atoms with van der Waals surface area (Å²) in [6, 6.07) is 4.49. The summed E-state index contributed by atoms with van der Waals surface area (Å²) in [5.74, 6) is 0.207. The molecule has 1 atom stereocenters. The van der Waals surface area contributed by atoms with E-state index in [1.54, 1.807) is 11.3 Å². The molecule has 0 aliphatic rings. The van der Waals surface area contributed by atoms with Gasteiger partial charge in [0.15, 0.2) is 0 Å². The summed E-state index contributed by atoms with van der Waals surface area (Å²) in [7, 11) is 4.14. The maximum Gasteiger partial charge on any atom is 0.227 e. The van der Waals surface area contributed by atoms with Crippen LogP contribution in [-0.4, -0.2) is 37.5 Å². The third kappa shape index (κ3) is 4.13. The third-order valence-electron chi connectivity index (χ3n) is 3.03. The first-order valence-electron chi connectivity index (χ1n) is 6.06. The minimum Gasteiger partial charge on any atom is -0.307 e. The fourth-order valence-corrected chi connectivity index (χ4v) is 2.32. The molecule has 0 radical (unpaired) electrons. The van der Waals surface area contributed by atoms with Crippen molar-refractivity contribution in [3.8, 4) is 0 Å². The van der Waals surface area contributed by atoms with Gasteiger partial charge in [-0.2, -0.15) is 0 Å². The molecule has 0 aliphatic carbocycles. The van der Waals surface area contributed by atoms with E-state index in [2.05, 4.69) is 25.9 Å². The second-order valence-corrected chi connectivity index (χ2v) is 5.38. The average molecular weight is 254 g/mol. The number of nitrogens with zero attached hydrogens (tertiary/aromatic N) is 2. The molecule has 0 saturated carbocycles. The Balaban J connectivity index is 2.63. The smallest absolute Gasteiger partial charge is 0.227 e. The molecule has 4 heteroatoms. The van der Waals surface area contributed by atoms with Gasteiger partial charge in [-0.1, -0.05) is 6.92 Å². The van der Waals surface area contributed by atoms with E-state index in [1.807, 2.05) is 29.3 Å². The number of carbonyl (C=O) groups is 1. The van der Waals surface area contributed by atoms with Gasteiger partial charge in [-0.15, -0.1) is 11.3 Å². The zero-order valence-electron chi connectivity index (χ0n) is 11.1. The number of amides is 1. The van der Waals surface area contributed by atoms with Crippen molar-refractivity contribution in [2.24, 2.45) is 0 Å². The van der Waals surface area contributed by atoms with Crippen LogP contribution in [0.4, 0.5) is 5.00 Å². The highest BCUT2D eigenvalue weighted by molar-refractivity contribution is 7.14. The van der Waals surface area contributed by atoms with E-state index in [0.29, 0.717) is 12.5 Å². The summed E-state index contributed by atoms with van der Waals surface area (Å²) >= 11 is 1.63. The highest BCUT2D eigenvalue weighted by Gasteiger charge is 2.16. The Hall–Kier alpha value is -0.870. The van der Waals surface area contributed by atoms with Crippen molar-refractivity contribution in [1.29, 1.82) is 0 Å². The van der Waals surface area contributed by atoms with E-state index in [-0.39, 0.29) is 5.91 Å². The molecular formula is C13H22N2OS. The second kappa shape index (κ2) is 6.77. The number of thiophene rings is 1.